The first-order valence-electron chi connectivity index (χ1n) is 10.3. The van der Waals surface area contributed by atoms with Crippen LogP contribution in [0.3, 0.4) is 0 Å². The van der Waals surface area contributed by atoms with E-state index in [0.29, 0.717) is 24.3 Å². The third-order valence-electron chi connectivity index (χ3n) is 6.52. The Balaban J connectivity index is 1.20. The van der Waals surface area contributed by atoms with Crippen molar-refractivity contribution in [2.75, 3.05) is 26.2 Å². The Labute approximate surface area is 163 Å². The zero-order valence-electron chi connectivity index (χ0n) is 15.9. The Morgan fingerprint density at radius 1 is 1.14 bits per heavy atom. The SMILES string of the molecule is O=C(NCC1C2CN(CC3CCCCC3)CC12)c1cccc(OC(F)(F)F)c1. The molecule has 4 nitrogen and oxygen atoms in total. The second-order valence-electron chi connectivity index (χ2n) is 8.50. The number of carbonyl (C=O) groups is 1. The lowest BCUT2D eigenvalue weighted by Crippen LogP contribution is -2.33. The Kier molecular flexibility index (Phi) is 5.54. The molecule has 4 rings (SSSR count). The van der Waals surface area contributed by atoms with E-state index in [1.165, 1.54) is 56.8 Å². The Bertz CT molecular complexity index is 691. The van der Waals surface area contributed by atoms with E-state index in [0.717, 1.165) is 25.1 Å². The van der Waals surface area contributed by atoms with Crippen molar-refractivity contribution in [3.63, 3.8) is 0 Å². The summed E-state index contributed by atoms with van der Waals surface area (Å²) in [5, 5.41) is 2.88. The van der Waals surface area contributed by atoms with Crippen molar-refractivity contribution >= 4 is 5.91 Å². The maximum absolute atomic E-state index is 12.3. The van der Waals surface area contributed by atoms with Crippen LogP contribution in [0.5, 0.6) is 5.75 Å². The zero-order valence-corrected chi connectivity index (χ0v) is 15.9. The van der Waals surface area contributed by atoms with Crippen molar-refractivity contribution < 1.29 is 22.7 Å². The van der Waals surface area contributed by atoms with Gasteiger partial charge in [-0.05, 0) is 54.7 Å². The second kappa shape index (κ2) is 7.93. The molecular weight excluding hydrogens is 369 g/mol. The highest BCUT2D eigenvalue weighted by molar-refractivity contribution is 5.94. The fraction of sp³-hybridized carbons (Fsp3) is 0.667. The molecule has 1 saturated heterocycles. The van der Waals surface area contributed by atoms with E-state index in [9.17, 15) is 18.0 Å². The highest BCUT2D eigenvalue weighted by Crippen LogP contribution is 2.51. The number of piperidine rings is 1. The van der Waals surface area contributed by atoms with E-state index in [4.69, 9.17) is 0 Å². The average Bonchev–Trinajstić information content (AvgIpc) is 3.10. The van der Waals surface area contributed by atoms with Crippen LogP contribution in [0.15, 0.2) is 24.3 Å². The predicted molar refractivity (Wildman–Crippen MR) is 98.9 cm³/mol. The first-order valence-corrected chi connectivity index (χ1v) is 10.3. The van der Waals surface area contributed by atoms with Crippen molar-refractivity contribution in [3.8, 4) is 5.75 Å². The first kappa shape index (κ1) is 19.6. The van der Waals surface area contributed by atoms with Gasteiger partial charge in [-0.2, -0.15) is 0 Å². The molecule has 3 fully saturated rings. The highest BCUT2D eigenvalue weighted by atomic mass is 19.4. The molecule has 154 valence electrons. The molecule has 2 aliphatic carbocycles. The van der Waals surface area contributed by atoms with Crippen LogP contribution in [0.4, 0.5) is 13.2 Å². The number of benzene rings is 1. The van der Waals surface area contributed by atoms with E-state index in [-0.39, 0.29) is 17.2 Å². The van der Waals surface area contributed by atoms with E-state index < -0.39 is 6.36 Å². The lowest BCUT2D eigenvalue weighted by Gasteiger charge is -2.28. The van der Waals surface area contributed by atoms with Crippen LogP contribution in [0.1, 0.15) is 42.5 Å². The van der Waals surface area contributed by atoms with E-state index in [1.54, 1.807) is 0 Å². The van der Waals surface area contributed by atoms with Gasteiger partial charge in [0.2, 0.25) is 0 Å². The third kappa shape index (κ3) is 4.80. The molecule has 7 heteroatoms. The Morgan fingerprint density at radius 3 is 2.54 bits per heavy atom. The molecule has 3 aliphatic rings. The normalized spacial score (nSPS) is 28.0. The monoisotopic (exact) mass is 396 g/mol. The summed E-state index contributed by atoms with van der Waals surface area (Å²) in [6, 6.07) is 5.21. The molecule has 1 aromatic rings. The van der Waals surface area contributed by atoms with Crippen LogP contribution in [0.25, 0.3) is 0 Å². The number of fused-ring (bicyclic) bond motifs is 1. The predicted octanol–water partition coefficient (Wildman–Crippen LogP) is 4.07. The number of nitrogens with one attached hydrogen (secondary N) is 1. The van der Waals surface area contributed by atoms with E-state index >= 15 is 0 Å². The van der Waals surface area contributed by atoms with Gasteiger partial charge in [0.05, 0.1) is 0 Å². The smallest absolute Gasteiger partial charge is 0.406 e. The number of amides is 1. The number of likely N-dealkylation sites (tertiary alicyclic amines) is 1. The molecule has 0 aromatic heterocycles. The summed E-state index contributed by atoms with van der Waals surface area (Å²) in [5.41, 5.74) is 0.187. The summed E-state index contributed by atoms with van der Waals surface area (Å²) in [6.07, 6.45) is 2.09. The molecule has 1 N–H and O–H groups in total. The van der Waals surface area contributed by atoms with Crippen LogP contribution in [0.2, 0.25) is 0 Å². The molecule has 0 spiro atoms. The number of rotatable bonds is 6. The van der Waals surface area contributed by atoms with Gasteiger partial charge < -0.3 is 15.0 Å². The van der Waals surface area contributed by atoms with Crippen molar-refractivity contribution in [3.05, 3.63) is 29.8 Å². The minimum Gasteiger partial charge on any atom is -0.406 e. The number of alkyl halides is 3. The summed E-state index contributed by atoms with van der Waals surface area (Å²) in [7, 11) is 0. The third-order valence-corrected chi connectivity index (χ3v) is 6.52. The fourth-order valence-corrected chi connectivity index (χ4v) is 5.07. The molecule has 0 radical (unpaired) electrons. The highest BCUT2D eigenvalue weighted by Gasteiger charge is 2.55. The maximum Gasteiger partial charge on any atom is 0.573 e. The number of carbonyl (C=O) groups excluding carboxylic acids is 1. The average molecular weight is 396 g/mol. The molecule has 1 aliphatic heterocycles. The van der Waals surface area contributed by atoms with Gasteiger partial charge in [-0.15, -0.1) is 13.2 Å². The van der Waals surface area contributed by atoms with Gasteiger partial charge >= 0.3 is 6.36 Å². The number of ether oxygens (including phenoxy) is 1. The number of nitrogens with zero attached hydrogens (tertiary/aromatic N) is 1. The molecule has 1 heterocycles. The molecule has 1 aromatic carbocycles. The lowest BCUT2D eigenvalue weighted by molar-refractivity contribution is -0.274. The standard InChI is InChI=1S/C21H27F3N2O2/c22-21(23,24)28-16-8-4-7-15(9-16)20(27)25-10-17-18-12-26(13-19(17)18)11-14-5-2-1-3-6-14/h4,7-9,14,17-19H,1-3,5-6,10-13H2,(H,25,27). The van der Waals surface area contributed by atoms with Gasteiger partial charge in [-0.3, -0.25) is 4.79 Å². The quantitative estimate of drug-likeness (QED) is 0.788. The second-order valence-corrected chi connectivity index (χ2v) is 8.50. The zero-order chi connectivity index (χ0) is 19.7. The molecular formula is C21H27F3N2O2. The number of hydrogen-bond acceptors (Lipinski definition) is 3. The van der Waals surface area contributed by atoms with Crippen LogP contribution in [-0.2, 0) is 0 Å². The van der Waals surface area contributed by atoms with E-state index in [2.05, 4.69) is 15.0 Å². The maximum atomic E-state index is 12.3. The minimum absolute atomic E-state index is 0.187. The Morgan fingerprint density at radius 2 is 1.86 bits per heavy atom. The Hall–Kier alpha value is -1.76. The van der Waals surface area contributed by atoms with Crippen LogP contribution >= 0.6 is 0 Å². The van der Waals surface area contributed by atoms with Crippen molar-refractivity contribution in [2.24, 2.45) is 23.7 Å². The summed E-state index contributed by atoms with van der Waals surface area (Å²) < 4.78 is 40.8. The van der Waals surface area contributed by atoms with E-state index in [1.807, 2.05) is 0 Å². The lowest BCUT2D eigenvalue weighted by atomic mass is 9.89. The molecule has 2 atom stereocenters. The van der Waals surface area contributed by atoms with Crippen molar-refractivity contribution in [1.82, 2.24) is 10.2 Å². The topological polar surface area (TPSA) is 41.6 Å². The van der Waals surface area contributed by atoms with Gasteiger partial charge in [-0.1, -0.05) is 25.3 Å². The molecule has 1 amide bonds. The number of halogens is 3. The van der Waals surface area contributed by atoms with Gasteiger partial charge in [0.15, 0.2) is 0 Å². The van der Waals surface area contributed by atoms with Gasteiger partial charge in [0.25, 0.3) is 5.91 Å². The first-order chi connectivity index (χ1) is 13.4. The van der Waals surface area contributed by atoms with Crippen LogP contribution in [-0.4, -0.2) is 43.3 Å². The summed E-state index contributed by atoms with van der Waals surface area (Å²) in [5.74, 6) is 1.95. The summed E-state index contributed by atoms with van der Waals surface area (Å²) in [6.45, 7) is 4.06. The molecule has 2 unspecified atom stereocenters. The molecule has 28 heavy (non-hydrogen) atoms. The molecule has 2 saturated carbocycles. The van der Waals surface area contributed by atoms with Crippen LogP contribution < -0.4 is 10.1 Å². The largest absolute Gasteiger partial charge is 0.573 e. The fourth-order valence-electron chi connectivity index (χ4n) is 5.07. The van der Waals surface area contributed by atoms with Gasteiger partial charge in [0.1, 0.15) is 5.75 Å². The number of hydrogen-bond donors (Lipinski definition) is 1. The van der Waals surface area contributed by atoms with Gasteiger partial charge in [-0.25, -0.2) is 0 Å². The minimum atomic E-state index is -4.76. The summed E-state index contributed by atoms with van der Waals surface area (Å²) >= 11 is 0. The summed E-state index contributed by atoms with van der Waals surface area (Å²) in [4.78, 5) is 14.9. The van der Waals surface area contributed by atoms with Crippen LogP contribution in [0, 0.1) is 23.7 Å². The molecule has 0 bridgehead atoms. The van der Waals surface area contributed by atoms with Gasteiger partial charge in [0, 0.05) is 31.7 Å². The van der Waals surface area contributed by atoms with Crippen molar-refractivity contribution in [2.45, 2.75) is 38.5 Å². The van der Waals surface area contributed by atoms with Crippen molar-refractivity contribution in [1.29, 1.82) is 0 Å².